The van der Waals surface area contributed by atoms with Crippen LogP contribution in [-0.2, 0) is 18.8 Å². The van der Waals surface area contributed by atoms with E-state index in [4.69, 9.17) is 4.43 Å². The lowest BCUT2D eigenvalue weighted by molar-refractivity contribution is 0.162. The van der Waals surface area contributed by atoms with Crippen molar-refractivity contribution in [2.75, 3.05) is 14.1 Å². The van der Waals surface area contributed by atoms with Gasteiger partial charge in [-0.1, -0.05) is 99.5 Å². The molecular weight excluding hydrogens is 454 g/mol. The van der Waals surface area contributed by atoms with E-state index in [-0.39, 0.29) is 12.0 Å². The highest BCUT2D eigenvalue weighted by Gasteiger charge is 2.36. The van der Waals surface area contributed by atoms with E-state index >= 15 is 0 Å². The number of benzene rings is 2. The Labute approximate surface area is 210 Å². The summed E-state index contributed by atoms with van der Waals surface area (Å²) in [6.07, 6.45) is 6.49. The van der Waals surface area contributed by atoms with Gasteiger partial charge in [0.2, 0.25) is 10.1 Å². The lowest BCUT2D eigenvalue weighted by Crippen LogP contribution is -2.42. The van der Waals surface area contributed by atoms with Crippen molar-refractivity contribution in [2.45, 2.75) is 63.8 Å². The molecule has 0 heterocycles. The maximum atomic E-state index is 14.1. The van der Waals surface area contributed by atoms with Gasteiger partial charge in [0.15, 0.2) is 13.2 Å². The molecule has 2 aromatic carbocycles. The SMILES string of the molecule is CC[Si](CC)(CC)O[C@@H](/C=C/c1ccccc1)[C@@H](/C=C\[S+](=O)(c1ccccc1)N(C)C)C(C)C. The van der Waals surface area contributed by atoms with Gasteiger partial charge >= 0.3 is 0 Å². The van der Waals surface area contributed by atoms with Crippen molar-refractivity contribution in [2.24, 2.45) is 11.8 Å². The van der Waals surface area contributed by atoms with Gasteiger partial charge in [0.05, 0.1) is 6.10 Å². The van der Waals surface area contributed by atoms with Gasteiger partial charge < -0.3 is 4.43 Å². The third-order valence-corrected chi connectivity index (χ3v) is 14.1. The summed E-state index contributed by atoms with van der Waals surface area (Å²) >= 11 is 0. The number of nitrogens with zero attached hydrogens (tertiary/aromatic N) is 1. The summed E-state index contributed by atoms with van der Waals surface area (Å²) in [7, 11) is -0.573. The summed E-state index contributed by atoms with van der Waals surface area (Å²) in [5.41, 5.74) is 1.17. The van der Waals surface area contributed by atoms with Crippen LogP contribution in [0.2, 0.25) is 18.1 Å². The van der Waals surface area contributed by atoms with Gasteiger partial charge in [0.1, 0.15) is 5.41 Å². The molecule has 5 heteroatoms. The van der Waals surface area contributed by atoms with E-state index in [1.807, 2.05) is 60.2 Å². The lowest BCUT2D eigenvalue weighted by atomic mass is 9.90. The van der Waals surface area contributed by atoms with Crippen LogP contribution in [0.3, 0.4) is 0 Å². The van der Waals surface area contributed by atoms with Crippen LogP contribution in [-0.4, -0.2) is 32.8 Å². The van der Waals surface area contributed by atoms with Crippen molar-refractivity contribution in [3.8, 4) is 0 Å². The average molecular weight is 499 g/mol. The molecule has 2 aromatic rings. The van der Waals surface area contributed by atoms with Gasteiger partial charge in [-0.25, -0.2) is 0 Å². The smallest absolute Gasteiger partial charge is 0.216 e. The molecule has 3 atom stereocenters. The molecule has 0 radical (unpaired) electrons. The molecule has 0 aromatic heterocycles. The Hall–Kier alpha value is -1.79. The Morgan fingerprint density at radius 2 is 1.41 bits per heavy atom. The van der Waals surface area contributed by atoms with Crippen LogP contribution in [0.25, 0.3) is 6.08 Å². The molecule has 2 rings (SSSR count). The van der Waals surface area contributed by atoms with E-state index in [1.165, 1.54) is 5.56 Å². The first-order valence-electron chi connectivity index (χ1n) is 12.6. The minimum Gasteiger partial charge on any atom is -0.410 e. The summed E-state index contributed by atoms with van der Waals surface area (Å²) < 4.78 is 22.9. The fourth-order valence-electron chi connectivity index (χ4n) is 4.24. The van der Waals surface area contributed by atoms with Crippen molar-refractivity contribution in [1.82, 2.24) is 4.31 Å². The third-order valence-electron chi connectivity index (χ3n) is 6.85. The number of hydrogen-bond donors (Lipinski definition) is 0. The molecule has 0 fully saturated rings. The van der Waals surface area contributed by atoms with Crippen molar-refractivity contribution in [3.63, 3.8) is 0 Å². The van der Waals surface area contributed by atoms with Crippen LogP contribution in [0, 0.1) is 11.8 Å². The van der Waals surface area contributed by atoms with Crippen LogP contribution in [0.4, 0.5) is 0 Å². The van der Waals surface area contributed by atoms with Crippen LogP contribution in [0.1, 0.15) is 40.2 Å². The van der Waals surface area contributed by atoms with Crippen molar-refractivity contribution < 1.29 is 8.63 Å². The Kier molecular flexibility index (Phi) is 11.2. The highest BCUT2D eigenvalue weighted by Crippen LogP contribution is 2.32. The largest absolute Gasteiger partial charge is 0.410 e. The predicted molar refractivity (Wildman–Crippen MR) is 151 cm³/mol. The molecule has 0 aliphatic heterocycles. The fraction of sp³-hybridized carbons (Fsp3) is 0.448. The van der Waals surface area contributed by atoms with E-state index in [0.717, 1.165) is 23.0 Å². The molecule has 0 saturated heterocycles. The summed E-state index contributed by atoms with van der Waals surface area (Å²) in [5, 5.41) is 1.92. The Bertz CT molecular complexity index is 944. The van der Waals surface area contributed by atoms with E-state index in [2.05, 4.69) is 77.1 Å². The molecule has 3 nitrogen and oxygen atoms in total. The van der Waals surface area contributed by atoms with Crippen LogP contribution >= 0.6 is 0 Å². The number of hydrogen-bond acceptors (Lipinski definition) is 2. The Balaban J connectivity index is 2.50. The molecular formula is C29H44NO2SSi+. The average Bonchev–Trinajstić information content (AvgIpc) is 2.86. The van der Waals surface area contributed by atoms with Crippen LogP contribution in [0.5, 0.6) is 0 Å². The quantitative estimate of drug-likeness (QED) is 0.207. The zero-order chi connectivity index (χ0) is 25.2. The second kappa shape index (κ2) is 13.3. The Morgan fingerprint density at radius 3 is 1.88 bits per heavy atom. The second-order valence-electron chi connectivity index (χ2n) is 9.44. The third kappa shape index (κ3) is 7.35. The maximum Gasteiger partial charge on any atom is 0.216 e. The van der Waals surface area contributed by atoms with Crippen molar-refractivity contribution >= 4 is 24.5 Å². The maximum absolute atomic E-state index is 14.1. The summed E-state index contributed by atoms with van der Waals surface area (Å²) in [5.74, 6) is 0.446. The minimum atomic E-state index is -2.49. The molecule has 186 valence electrons. The van der Waals surface area contributed by atoms with Crippen LogP contribution < -0.4 is 0 Å². The fourth-order valence-corrected chi connectivity index (χ4v) is 8.82. The highest BCUT2D eigenvalue weighted by atomic mass is 32.3. The van der Waals surface area contributed by atoms with Gasteiger partial charge in [-0.3, -0.25) is 0 Å². The molecule has 0 spiro atoms. The number of rotatable bonds is 13. The molecule has 0 aliphatic carbocycles. The summed E-state index contributed by atoms with van der Waals surface area (Å²) in [6.45, 7) is 11.3. The van der Waals surface area contributed by atoms with Crippen molar-refractivity contribution in [3.05, 3.63) is 83.8 Å². The first kappa shape index (κ1) is 28.4. The van der Waals surface area contributed by atoms with Gasteiger partial charge in [-0.2, -0.15) is 0 Å². The minimum absolute atomic E-state index is 0.0652. The molecule has 0 N–H and O–H groups in total. The van der Waals surface area contributed by atoms with E-state index < -0.39 is 18.4 Å². The van der Waals surface area contributed by atoms with Gasteiger partial charge in [-0.05, 0) is 47.8 Å². The summed E-state index contributed by atoms with van der Waals surface area (Å²) in [4.78, 5) is 0.829. The zero-order valence-electron chi connectivity index (χ0n) is 22.1. The second-order valence-corrected chi connectivity index (χ2v) is 16.8. The molecule has 0 amide bonds. The van der Waals surface area contributed by atoms with Gasteiger partial charge in [-0.15, -0.1) is 4.31 Å². The first-order valence-corrected chi connectivity index (χ1v) is 16.7. The van der Waals surface area contributed by atoms with Gasteiger partial charge in [0.25, 0.3) is 0 Å². The Morgan fingerprint density at radius 1 is 0.882 bits per heavy atom. The lowest BCUT2D eigenvalue weighted by Gasteiger charge is -2.36. The van der Waals surface area contributed by atoms with Crippen LogP contribution in [0.15, 0.2) is 83.1 Å². The molecule has 1 unspecified atom stereocenters. The van der Waals surface area contributed by atoms with E-state index in [0.29, 0.717) is 5.92 Å². The normalized spacial score (nSPS) is 16.4. The highest BCUT2D eigenvalue weighted by molar-refractivity contribution is 8.03. The van der Waals surface area contributed by atoms with Crippen molar-refractivity contribution in [1.29, 1.82) is 0 Å². The predicted octanol–water partition coefficient (Wildman–Crippen LogP) is 7.91. The molecule has 34 heavy (non-hydrogen) atoms. The molecule has 0 saturated carbocycles. The molecule has 0 bridgehead atoms. The summed E-state index contributed by atoms with van der Waals surface area (Å²) in [6, 6.07) is 23.4. The first-order chi connectivity index (χ1) is 16.2. The van der Waals surface area contributed by atoms with Gasteiger partial charge in [0, 0.05) is 20.0 Å². The topological polar surface area (TPSA) is 29.5 Å². The molecule has 0 aliphatic rings. The van der Waals surface area contributed by atoms with E-state index in [9.17, 15) is 4.21 Å². The standard InChI is InChI=1S/C29H44NO2SSi/c1-8-34(9-2,10-3)32-29(22-21-26-17-13-11-14-18-26)28(25(4)5)23-24-33(31,30(6)7)27-19-15-12-16-20-27/h11-25,28-29H,8-10H2,1-7H3/q+1/b22-21+,24-23-/t28-,29-,33?/m0/s1. The van der Waals surface area contributed by atoms with E-state index in [1.54, 1.807) is 0 Å². The zero-order valence-corrected chi connectivity index (χ0v) is 23.9. The monoisotopic (exact) mass is 498 g/mol.